The predicted molar refractivity (Wildman–Crippen MR) is 96.2 cm³/mol. The van der Waals surface area contributed by atoms with E-state index in [4.69, 9.17) is 0 Å². The van der Waals surface area contributed by atoms with Crippen molar-refractivity contribution >= 4 is 27.9 Å². The molecule has 2 aromatic heterocycles. The number of rotatable bonds is 7. The van der Waals surface area contributed by atoms with E-state index in [2.05, 4.69) is 27.5 Å². The number of nitrogens with zero attached hydrogens (tertiary/aromatic N) is 4. The zero-order valence-electron chi connectivity index (χ0n) is 14.0. The fraction of sp³-hybridized carbons (Fsp3) is 0.412. The second kappa shape index (κ2) is 7.53. The number of hydrogen-bond acceptors (Lipinski definition) is 5. The van der Waals surface area contributed by atoms with Crippen LogP contribution in [0.5, 0.6) is 0 Å². The lowest BCUT2D eigenvalue weighted by molar-refractivity contribution is -0.116. The topological polar surface area (TPSA) is 72.2 Å². The number of anilines is 1. The van der Waals surface area contributed by atoms with E-state index < -0.39 is 0 Å². The number of carbonyl (C=O) groups excluding carboxylic acids is 1. The highest BCUT2D eigenvalue weighted by atomic mass is 32.1. The Morgan fingerprint density at radius 2 is 1.96 bits per heavy atom. The van der Waals surface area contributed by atoms with Gasteiger partial charge in [-0.1, -0.05) is 38.0 Å². The number of hydrogen-bond donors (Lipinski definition) is 1. The largest absolute Gasteiger partial charge is 0.326 e. The van der Waals surface area contributed by atoms with Gasteiger partial charge in [-0.25, -0.2) is 0 Å². The first-order valence-electron chi connectivity index (χ1n) is 8.32. The van der Waals surface area contributed by atoms with E-state index in [-0.39, 0.29) is 5.91 Å². The first-order valence-corrected chi connectivity index (χ1v) is 9.14. The molecule has 2 heterocycles. The highest BCUT2D eigenvalue weighted by Gasteiger charge is 2.11. The summed E-state index contributed by atoms with van der Waals surface area (Å²) < 4.78 is 1.80. The Bertz CT molecular complexity index is 821. The number of amides is 1. The Morgan fingerprint density at radius 3 is 2.67 bits per heavy atom. The Kier molecular flexibility index (Phi) is 5.20. The third-order valence-corrected chi connectivity index (χ3v) is 4.74. The maximum atomic E-state index is 11.9. The fourth-order valence-corrected chi connectivity index (χ4v) is 3.31. The normalized spacial score (nSPS) is 11.1. The molecule has 0 spiro atoms. The van der Waals surface area contributed by atoms with Crippen molar-refractivity contribution in [2.45, 2.75) is 46.0 Å². The van der Waals surface area contributed by atoms with Gasteiger partial charge in [0.25, 0.3) is 0 Å². The Labute approximate surface area is 144 Å². The number of unbranched alkanes of at least 4 members (excludes halogenated alkanes) is 2. The molecule has 0 aliphatic heterocycles. The summed E-state index contributed by atoms with van der Waals surface area (Å²) in [5, 5.41) is 16.7. The van der Waals surface area contributed by atoms with Crippen molar-refractivity contribution in [3.8, 4) is 10.6 Å². The van der Waals surface area contributed by atoms with E-state index in [1.807, 2.05) is 31.2 Å². The van der Waals surface area contributed by atoms with E-state index in [1.54, 1.807) is 4.52 Å². The molecule has 1 N–H and O–H groups in total. The van der Waals surface area contributed by atoms with E-state index in [9.17, 15) is 4.79 Å². The average molecular weight is 343 g/mol. The van der Waals surface area contributed by atoms with Crippen LogP contribution in [0.3, 0.4) is 0 Å². The van der Waals surface area contributed by atoms with E-state index in [1.165, 1.54) is 11.3 Å². The molecular weight excluding hydrogens is 322 g/mol. The van der Waals surface area contributed by atoms with Crippen molar-refractivity contribution in [3.63, 3.8) is 0 Å². The van der Waals surface area contributed by atoms with Gasteiger partial charge >= 0.3 is 0 Å². The standard InChI is InChI=1S/C17H21N5OS/c1-3-5-6-7-15(23)18-13-10-8-12(9-11-13)16-21-22-14(4-2)19-20-17(22)24-16/h8-11H,3-7H2,1-2H3,(H,18,23). The molecule has 126 valence electrons. The van der Waals surface area contributed by atoms with Crippen LogP contribution in [0.1, 0.15) is 45.4 Å². The van der Waals surface area contributed by atoms with Gasteiger partial charge in [0.1, 0.15) is 5.01 Å². The van der Waals surface area contributed by atoms with Crippen LogP contribution in [-0.2, 0) is 11.2 Å². The molecule has 0 aliphatic rings. The van der Waals surface area contributed by atoms with Crippen LogP contribution in [-0.4, -0.2) is 25.7 Å². The van der Waals surface area contributed by atoms with Crippen molar-refractivity contribution in [3.05, 3.63) is 30.1 Å². The van der Waals surface area contributed by atoms with Crippen LogP contribution in [0.4, 0.5) is 5.69 Å². The minimum atomic E-state index is 0.0718. The van der Waals surface area contributed by atoms with Gasteiger partial charge in [-0.2, -0.15) is 9.61 Å². The number of aryl methyl sites for hydroxylation is 1. The van der Waals surface area contributed by atoms with E-state index >= 15 is 0 Å². The number of fused-ring (bicyclic) bond motifs is 1. The van der Waals surface area contributed by atoms with Crippen molar-refractivity contribution in [2.75, 3.05) is 5.32 Å². The van der Waals surface area contributed by atoms with Crippen molar-refractivity contribution in [2.24, 2.45) is 0 Å². The highest BCUT2D eigenvalue weighted by molar-refractivity contribution is 7.19. The fourth-order valence-electron chi connectivity index (χ4n) is 2.45. The average Bonchev–Trinajstić information content (AvgIpc) is 3.16. The molecule has 0 saturated heterocycles. The molecule has 0 radical (unpaired) electrons. The van der Waals surface area contributed by atoms with Crippen LogP contribution in [0.2, 0.25) is 0 Å². The maximum absolute atomic E-state index is 11.9. The quantitative estimate of drug-likeness (QED) is 0.660. The van der Waals surface area contributed by atoms with Crippen molar-refractivity contribution < 1.29 is 4.79 Å². The summed E-state index contributed by atoms with van der Waals surface area (Å²) >= 11 is 1.51. The first kappa shape index (κ1) is 16.6. The van der Waals surface area contributed by atoms with Gasteiger partial charge in [0.05, 0.1) is 0 Å². The monoisotopic (exact) mass is 343 g/mol. The van der Waals surface area contributed by atoms with Crippen molar-refractivity contribution in [1.82, 2.24) is 19.8 Å². The maximum Gasteiger partial charge on any atom is 0.234 e. The lowest BCUT2D eigenvalue weighted by atomic mass is 10.2. The SMILES string of the molecule is CCCCCC(=O)Nc1ccc(-c2nn3c(CC)nnc3s2)cc1. The molecular formula is C17H21N5OS. The molecule has 0 atom stereocenters. The van der Waals surface area contributed by atoms with Crippen LogP contribution in [0.25, 0.3) is 15.5 Å². The summed E-state index contributed by atoms with van der Waals surface area (Å²) in [6.45, 7) is 4.17. The number of benzene rings is 1. The molecule has 0 saturated carbocycles. The Morgan fingerprint density at radius 1 is 1.17 bits per heavy atom. The smallest absolute Gasteiger partial charge is 0.234 e. The van der Waals surface area contributed by atoms with Gasteiger partial charge in [-0.05, 0) is 30.7 Å². The lowest BCUT2D eigenvalue weighted by Gasteiger charge is -2.05. The molecule has 3 rings (SSSR count). The molecule has 0 unspecified atom stereocenters. The second-order valence-corrected chi connectivity index (χ2v) is 6.61. The van der Waals surface area contributed by atoms with Gasteiger partial charge in [0, 0.05) is 24.1 Å². The number of carbonyl (C=O) groups is 1. The summed E-state index contributed by atoms with van der Waals surface area (Å²) in [6, 6.07) is 7.77. The molecule has 1 aromatic carbocycles. The highest BCUT2D eigenvalue weighted by Crippen LogP contribution is 2.26. The molecule has 7 heteroatoms. The molecule has 0 bridgehead atoms. The summed E-state index contributed by atoms with van der Waals surface area (Å²) in [6.07, 6.45) is 4.52. The summed E-state index contributed by atoms with van der Waals surface area (Å²) in [5.41, 5.74) is 1.83. The molecule has 0 aliphatic carbocycles. The first-order chi connectivity index (χ1) is 11.7. The van der Waals surface area contributed by atoms with Gasteiger partial charge < -0.3 is 5.32 Å². The van der Waals surface area contributed by atoms with Gasteiger partial charge in [-0.3, -0.25) is 4.79 Å². The molecule has 6 nitrogen and oxygen atoms in total. The molecule has 24 heavy (non-hydrogen) atoms. The lowest BCUT2D eigenvalue weighted by Crippen LogP contribution is -2.10. The van der Waals surface area contributed by atoms with Crippen LogP contribution < -0.4 is 5.32 Å². The number of nitrogens with one attached hydrogen (secondary N) is 1. The number of aromatic nitrogens is 4. The molecule has 3 aromatic rings. The predicted octanol–water partition coefficient (Wildman–Crippen LogP) is 3.93. The Hall–Kier alpha value is -2.28. The third kappa shape index (κ3) is 3.62. The van der Waals surface area contributed by atoms with E-state index in [0.29, 0.717) is 6.42 Å². The zero-order valence-corrected chi connectivity index (χ0v) is 14.8. The van der Waals surface area contributed by atoms with E-state index in [0.717, 1.165) is 52.7 Å². The van der Waals surface area contributed by atoms with Gasteiger partial charge in [0.2, 0.25) is 10.9 Å². The molecule has 1 amide bonds. The summed E-state index contributed by atoms with van der Waals surface area (Å²) in [5.74, 6) is 0.936. The summed E-state index contributed by atoms with van der Waals surface area (Å²) in [7, 11) is 0. The minimum absolute atomic E-state index is 0.0718. The van der Waals surface area contributed by atoms with Crippen LogP contribution in [0, 0.1) is 0 Å². The zero-order chi connectivity index (χ0) is 16.9. The van der Waals surface area contributed by atoms with Gasteiger partial charge in [-0.15, -0.1) is 10.2 Å². The van der Waals surface area contributed by atoms with Crippen molar-refractivity contribution in [1.29, 1.82) is 0 Å². The summed E-state index contributed by atoms with van der Waals surface area (Å²) in [4.78, 5) is 12.7. The van der Waals surface area contributed by atoms with Gasteiger partial charge in [0.15, 0.2) is 5.82 Å². The minimum Gasteiger partial charge on any atom is -0.326 e. The van der Waals surface area contributed by atoms with Crippen LogP contribution in [0.15, 0.2) is 24.3 Å². The Balaban J connectivity index is 1.69. The molecule has 0 fully saturated rings. The third-order valence-electron chi connectivity index (χ3n) is 3.79. The second-order valence-electron chi connectivity index (χ2n) is 5.65. The van der Waals surface area contributed by atoms with Crippen LogP contribution >= 0.6 is 11.3 Å².